The van der Waals surface area contributed by atoms with Crippen molar-refractivity contribution in [1.29, 1.82) is 0 Å². The van der Waals surface area contributed by atoms with Crippen molar-refractivity contribution in [2.24, 2.45) is 0 Å². The smallest absolute Gasteiger partial charge is 0.337 e. The van der Waals surface area contributed by atoms with E-state index in [2.05, 4.69) is 16.6 Å². The van der Waals surface area contributed by atoms with E-state index < -0.39 is 5.97 Å². The molecule has 0 aliphatic rings. The van der Waals surface area contributed by atoms with Gasteiger partial charge in [0.1, 0.15) is 0 Å². The van der Waals surface area contributed by atoms with Gasteiger partial charge in [0.05, 0.1) is 32.2 Å². The molecule has 2 amide bonds. The van der Waals surface area contributed by atoms with E-state index in [-0.39, 0.29) is 31.3 Å². The molecule has 0 radical (unpaired) electrons. The molecule has 1 rings (SSSR count). The lowest BCUT2D eigenvalue weighted by molar-refractivity contribution is -0.125. The summed E-state index contributed by atoms with van der Waals surface area (Å²) >= 11 is 0. The standard InChI is InChI=1S/C19H24N2O4/c1-5-8-20-18(23)12-21-17(22)11-16-13(6-2)9-15(19(24)25-4)10-14(16)7-3/h1,9-10H,6-8,11-12H2,2-4H3,(H,20,23)(H,21,22). The highest BCUT2D eigenvalue weighted by Gasteiger charge is 2.16. The van der Waals surface area contributed by atoms with E-state index in [4.69, 9.17) is 11.2 Å². The van der Waals surface area contributed by atoms with Gasteiger partial charge in [-0.2, -0.15) is 0 Å². The Kier molecular flexibility index (Phi) is 8.21. The van der Waals surface area contributed by atoms with Crippen molar-refractivity contribution in [3.05, 3.63) is 34.4 Å². The van der Waals surface area contributed by atoms with Crippen molar-refractivity contribution in [3.8, 4) is 12.3 Å². The quantitative estimate of drug-likeness (QED) is 0.544. The number of benzene rings is 1. The van der Waals surface area contributed by atoms with Gasteiger partial charge in [-0.05, 0) is 41.7 Å². The molecule has 0 aromatic heterocycles. The summed E-state index contributed by atoms with van der Waals surface area (Å²) in [6.07, 6.45) is 6.57. The summed E-state index contributed by atoms with van der Waals surface area (Å²) in [4.78, 5) is 35.5. The molecule has 0 fully saturated rings. The van der Waals surface area contributed by atoms with Crippen LogP contribution in [0.1, 0.15) is 40.9 Å². The van der Waals surface area contributed by atoms with Gasteiger partial charge in [-0.3, -0.25) is 9.59 Å². The van der Waals surface area contributed by atoms with Crippen molar-refractivity contribution in [2.75, 3.05) is 20.2 Å². The van der Waals surface area contributed by atoms with Crippen LogP contribution < -0.4 is 10.6 Å². The second kappa shape index (κ2) is 10.1. The minimum atomic E-state index is -0.398. The first kappa shape index (κ1) is 20.2. The highest BCUT2D eigenvalue weighted by Crippen LogP contribution is 2.21. The molecule has 0 atom stereocenters. The molecule has 0 heterocycles. The first-order valence-corrected chi connectivity index (χ1v) is 8.16. The van der Waals surface area contributed by atoms with Gasteiger partial charge in [-0.15, -0.1) is 6.42 Å². The number of rotatable bonds is 8. The molecule has 0 saturated carbocycles. The second-order valence-corrected chi connectivity index (χ2v) is 5.41. The number of hydrogen-bond donors (Lipinski definition) is 2. The molecule has 0 spiro atoms. The fourth-order valence-electron chi connectivity index (χ4n) is 2.51. The molecular formula is C19H24N2O4. The monoisotopic (exact) mass is 344 g/mol. The van der Waals surface area contributed by atoms with Gasteiger partial charge in [-0.1, -0.05) is 19.8 Å². The van der Waals surface area contributed by atoms with Gasteiger partial charge < -0.3 is 15.4 Å². The number of aryl methyl sites for hydroxylation is 2. The lowest BCUT2D eigenvalue weighted by Crippen LogP contribution is -2.37. The number of carbonyl (C=O) groups is 3. The van der Waals surface area contributed by atoms with Crippen LogP contribution in [0.25, 0.3) is 0 Å². The summed E-state index contributed by atoms with van der Waals surface area (Å²) in [5, 5.41) is 5.06. The van der Waals surface area contributed by atoms with Crippen LogP contribution in [0.5, 0.6) is 0 Å². The number of methoxy groups -OCH3 is 1. The van der Waals surface area contributed by atoms with Crippen LogP contribution in [-0.4, -0.2) is 38.0 Å². The summed E-state index contributed by atoms with van der Waals surface area (Å²) in [7, 11) is 1.34. The zero-order chi connectivity index (χ0) is 18.8. The Morgan fingerprint density at radius 3 is 2.16 bits per heavy atom. The number of hydrogen-bond acceptors (Lipinski definition) is 4. The summed E-state index contributed by atoms with van der Waals surface area (Å²) in [5.74, 6) is 1.30. The number of carbonyl (C=O) groups excluding carboxylic acids is 3. The van der Waals surface area contributed by atoms with E-state index in [0.717, 1.165) is 16.7 Å². The average Bonchev–Trinajstić information content (AvgIpc) is 2.63. The molecule has 25 heavy (non-hydrogen) atoms. The van der Waals surface area contributed by atoms with Crippen molar-refractivity contribution >= 4 is 17.8 Å². The zero-order valence-electron chi connectivity index (χ0n) is 14.9. The number of ether oxygens (including phenoxy) is 1. The van der Waals surface area contributed by atoms with Gasteiger partial charge in [0, 0.05) is 0 Å². The van der Waals surface area contributed by atoms with Gasteiger partial charge >= 0.3 is 5.97 Å². The van der Waals surface area contributed by atoms with Crippen molar-refractivity contribution in [1.82, 2.24) is 10.6 Å². The first-order chi connectivity index (χ1) is 12.0. The van der Waals surface area contributed by atoms with E-state index in [9.17, 15) is 14.4 Å². The highest BCUT2D eigenvalue weighted by atomic mass is 16.5. The summed E-state index contributed by atoms with van der Waals surface area (Å²) in [6.45, 7) is 3.93. The normalized spacial score (nSPS) is 9.84. The van der Waals surface area contributed by atoms with Crippen LogP contribution in [0.4, 0.5) is 0 Å². The number of nitrogens with one attached hydrogen (secondary N) is 2. The minimum absolute atomic E-state index is 0.121. The fourth-order valence-corrected chi connectivity index (χ4v) is 2.51. The number of amides is 2. The van der Waals surface area contributed by atoms with E-state index in [1.807, 2.05) is 13.8 Å². The molecule has 2 N–H and O–H groups in total. The average molecular weight is 344 g/mol. The van der Waals surface area contributed by atoms with Gasteiger partial charge in [0.2, 0.25) is 11.8 Å². The topological polar surface area (TPSA) is 84.5 Å². The Hall–Kier alpha value is -2.81. The predicted molar refractivity (Wildman–Crippen MR) is 95.1 cm³/mol. The molecular weight excluding hydrogens is 320 g/mol. The molecule has 0 bridgehead atoms. The van der Waals surface area contributed by atoms with Crippen LogP contribution in [0.3, 0.4) is 0 Å². The third-order valence-electron chi connectivity index (χ3n) is 3.79. The largest absolute Gasteiger partial charge is 0.465 e. The molecule has 0 aliphatic heterocycles. The van der Waals surface area contributed by atoms with E-state index >= 15 is 0 Å². The first-order valence-electron chi connectivity index (χ1n) is 8.16. The minimum Gasteiger partial charge on any atom is -0.465 e. The maximum absolute atomic E-state index is 12.2. The molecule has 0 saturated heterocycles. The third-order valence-corrected chi connectivity index (χ3v) is 3.79. The molecule has 0 aliphatic carbocycles. The SMILES string of the molecule is C#CCNC(=O)CNC(=O)Cc1c(CC)cc(C(=O)OC)cc1CC. The molecule has 6 nitrogen and oxygen atoms in total. The van der Waals surface area contributed by atoms with E-state index in [1.165, 1.54) is 7.11 Å². The molecule has 0 unspecified atom stereocenters. The molecule has 134 valence electrons. The van der Waals surface area contributed by atoms with Crippen molar-refractivity contribution < 1.29 is 19.1 Å². The van der Waals surface area contributed by atoms with Gasteiger partial charge in [-0.25, -0.2) is 4.79 Å². The fraction of sp³-hybridized carbons (Fsp3) is 0.421. The zero-order valence-corrected chi connectivity index (χ0v) is 14.9. The Balaban J connectivity index is 2.89. The van der Waals surface area contributed by atoms with Crippen LogP contribution in [0, 0.1) is 12.3 Å². The second-order valence-electron chi connectivity index (χ2n) is 5.41. The van der Waals surface area contributed by atoms with Crippen LogP contribution in [0.15, 0.2) is 12.1 Å². The highest BCUT2D eigenvalue weighted by molar-refractivity contribution is 5.91. The van der Waals surface area contributed by atoms with Crippen LogP contribution in [-0.2, 0) is 33.6 Å². The summed E-state index contributed by atoms with van der Waals surface area (Å²) < 4.78 is 4.78. The third kappa shape index (κ3) is 5.96. The molecule has 1 aromatic rings. The maximum atomic E-state index is 12.2. The Morgan fingerprint density at radius 2 is 1.68 bits per heavy atom. The van der Waals surface area contributed by atoms with E-state index in [1.54, 1.807) is 12.1 Å². The van der Waals surface area contributed by atoms with Crippen molar-refractivity contribution in [2.45, 2.75) is 33.1 Å². The Labute approximate surface area is 148 Å². The van der Waals surface area contributed by atoms with E-state index in [0.29, 0.717) is 18.4 Å². The Bertz CT molecular complexity index is 664. The lowest BCUT2D eigenvalue weighted by Gasteiger charge is -2.15. The number of terminal acetylenes is 1. The molecule has 6 heteroatoms. The van der Waals surface area contributed by atoms with Crippen LogP contribution in [0.2, 0.25) is 0 Å². The van der Waals surface area contributed by atoms with Crippen LogP contribution >= 0.6 is 0 Å². The summed E-state index contributed by atoms with van der Waals surface area (Å²) in [5.41, 5.74) is 3.21. The van der Waals surface area contributed by atoms with Gasteiger partial charge in [0.25, 0.3) is 0 Å². The Morgan fingerprint density at radius 1 is 1.08 bits per heavy atom. The maximum Gasteiger partial charge on any atom is 0.337 e. The lowest BCUT2D eigenvalue weighted by atomic mass is 9.92. The summed E-state index contributed by atoms with van der Waals surface area (Å²) in [6, 6.07) is 3.51. The van der Waals surface area contributed by atoms with Gasteiger partial charge in [0.15, 0.2) is 0 Å². The number of esters is 1. The predicted octanol–water partition coefficient (Wildman–Crippen LogP) is 1.01. The molecule has 1 aromatic carbocycles. The van der Waals surface area contributed by atoms with Crippen molar-refractivity contribution in [3.63, 3.8) is 0 Å².